The minimum Gasteiger partial charge on any atom is -0.495 e. The third kappa shape index (κ3) is 2.53. The standard InChI is InChI=1S/C16H24N2O3S/c1-11-7-12(2)16(21-3)15(8-11)22(19,20)18-6-4-5-13-9-17-10-14(13)18/h7-8,13-14,17H,4-6,9-10H2,1-3H3/t13-,14+/m0/s1. The highest BCUT2D eigenvalue weighted by molar-refractivity contribution is 7.89. The fourth-order valence-electron chi connectivity index (χ4n) is 3.82. The zero-order valence-corrected chi connectivity index (χ0v) is 14.2. The quantitative estimate of drug-likeness (QED) is 0.919. The van der Waals surface area contributed by atoms with E-state index >= 15 is 0 Å². The highest BCUT2D eigenvalue weighted by Gasteiger charge is 2.42. The van der Waals surface area contributed by atoms with Crippen molar-refractivity contribution in [2.45, 2.75) is 37.6 Å². The van der Waals surface area contributed by atoms with Crippen LogP contribution in [-0.2, 0) is 10.0 Å². The molecule has 2 aliphatic heterocycles. The van der Waals surface area contributed by atoms with Crippen molar-refractivity contribution in [2.75, 3.05) is 26.7 Å². The van der Waals surface area contributed by atoms with Gasteiger partial charge in [-0.15, -0.1) is 0 Å². The molecule has 2 fully saturated rings. The van der Waals surface area contributed by atoms with Crippen LogP contribution >= 0.6 is 0 Å². The van der Waals surface area contributed by atoms with Gasteiger partial charge in [0.1, 0.15) is 10.6 Å². The number of rotatable bonds is 3. The Labute approximate surface area is 132 Å². The van der Waals surface area contributed by atoms with Gasteiger partial charge in [-0.25, -0.2) is 8.42 Å². The molecule has 0 spiro atoms. The average Bonchev–Trinajstić information content (AvgIpc) is 2.94. The number of nitrogens with one attached hydrogen (secondary N) is 1. The van der Waals surface area contributed by atoms with Crippen molar-refractivity contribution in [2.24, 2.45) is 5.92 Å². The van der Waals surface area contributed by atoms with Crippen molar-refractivity contribution in [3.05, 3.63) is 23.3 Å². The van der Waals surface area contributed by atoms with Crippen LogP contribution in [0.3, 0.4) is 0 Å². The lowest BCUT2D eigenvalue weighted by Gasteiger charge is -2.36. The van der Waals surface area contributed by atoms with Crippen LogP contribution in [0.1, 0.15) is 24.0 Å². The van der Waals surface area contributed by atoms with E-state index in [0.717, 1.165) is 37.1 Å². The Hall–Kier alpha value is -1.11. The lowest BCUT2D eigenvalue weighted by Crippen LogP contribution is -2.48. The third-order valence-electron chi connectivity index (χ3n) is 4.80. The van der Waals surface area contributed by atoms with Crippen molar-refractivity contribution < 1.29 is 13.2 Å². The molecule has 0 aliphatic carbocycles. The molecule has 1 aromatic rings. The summed E-state index contributed by atoms with van der Waals surface area (Å²) >= 11 is 0. The summed E-state index contributed by atoms with van der Waals surface area (Å²) in [6, 6.07) is 3.76. The molecule has 22 heavy (non-hydrogen) atoms. The average molecular weight is 324 g/mol. The normalized spacial score (nSPS) is 26.0. The van der Waals surface area contributed by atoms with Crippen molar-refractivity contribution in [3.8, 4) is 5.75 Å². The number of fused-ring (bicyclic) bond motifs is 1. The topological polar surface area (TPSA) is 58.6 Å². The maximum absolute atomic E-state index is 13.2. The lowest BCUT2D eigenvalue weighted by molar-refractivity contribution is 0.217. The first-order valence-electron chi connectivity index (χ1n) is 7.83. The number of benzene rings is 1. The number of piperidine rings is 1. The lowest BCUT2D eigenvalue weighted by atomic mass is 9.94. The Morgan fingerprint density at radius 3 is 2.77 bits per heavy atom. The number of methoxy groups -OCH3 is 1. The first-order chi connectivity index (χ1) is 10.4. The zero-order chi connectivity index (χ0) is 15.9. The number of sulfonamides is 1. The molecule has 2 aliphatic rings. The van der Waals surface area contributed by atoms with Gasteiger partial charge in [-0.2, -0.15) is 4.31 Å². The number of nitrogens with zero attached hydrogens (tertiary/aromatic N) is 1. The van der Waals surface area contributed by atoms with E-state index in [9.17, 15) is 8.42 Å². The Balaban J connectivity index is 2.06. The Morgan fingerprint density at radius 2 is 2.05 bits per heavy atom. The minimum absolute atomic E-state index is 0.0734. The van der Waals surface area contributed by atoms with Gasteiger partial charge in [-0.3, -0.25) is 0 Å². The fraction of sp³-hybridized carbons (Fsp3) is 0.625. The minimum atomic E-state index is -3.54. The molecule has 0 bridgehead atoms. The first kappa shape index (κ1) is 15.8. The second-order valence-corrected chi connectivity index (χ2v) is 8.22. The zero-order valence-electron chi connectivity index (χ0n) is 13.4. The first-order valence-corrected chi connectivity index (χ1v) is 9.27. The van der Waals surface area contributed by atoms with Crippen LogP contribution in [0.2, 0.25) is 0 Å². The van der Waals surface area contributed by atoms with Gasteiger partial charge >= 0.3 is 0 Å². The molecular weight excluding hydrogens is 300 g/mol. The van der Waals surface area contributed by atoms with Crippen LogP contribution in [0.4, 0.5) is 0 Å². The van der Waals surface area contributed by atoms with Gasteiger partial charge in [0, 0.05) is 19.1 Å². The highest BCUT2D eigenvalue weighted by Crippen LogP contribution is 2.36. The molecule has 6 heteroatoms. The molecular formula is C16H24N2O3S. The molecule has 0 amide bonds. The number of hydrogen-bond donors (Lipinski definition) is 1. The van der Waals surface area contributed by atoms with E-state index in [4.69, 9.17) is 4.74 Å². The van der Waals surface area contributed by atoms with Gasteiger partial charge in [-0.05, 0) is 56.3 Å². The van der Waals surface area contributed by atoms with Crippen LogP contribution in [0.25, 0.3) is 0 Å². The predicted octanol–water partition coefficient (Wildman–Crippen LogP) is 1.68. The molecule has 0 unspecified atom stereocenters. The molecule has 0 radical (unpaired) electrons. The summed E-state index contributed by atoms with van der Waals surface area (Å²) in [5.74, 6) is 0.902. The van der Waals surface area contributed by atoms with Gasteiger partial charge in [0.25, 0.3) is 0 Å². The van der Waals surface area contributed by atoms with E-state index in [2.05, 4.69) is 5.32 Å². The van der Waals surface area contributed by atoms with Gasteiger partial charge in [0.05, 0.1) is 7.11 Å². The predicted molar refractivity (Wildman–Crippen MR) is 85.7 cm³/mol. The maximum atomic E-state index is 13.2. The summed E-state index contributed by atoms with van der Waals surface area (Å²) in [6.45, 7) is 6.07. The molecule has 1 N–H and O–H groups in total. The largest absolute Gasteiger partial charge is 0.495 e. The summed E-state index contributed by atoms with van der Waals surface area (Å²) in [5.41, 5.74) is 1.80. The summed E-state index contributed by atoms with van der Waals surface area (Å²) in [6.07, 6.45) is 2.03. The fourth-order valence-corrected chi connectivity index (χ4v) is 5.86. The van der Waals surface area contributed by atoms with Crippen molar-refractivity contribution in [3.63, 3.8) is 0 Å². The van der Waals surface area contributed by atoms with Crippen LogP contribution in [0.5, 0.6) is 5.75 Å². The van der Waals surface area contributed by atoms with Gasteiger partial charge in [0.15, 0.2) is 0 Å². The van der Waals surface area contributed by atoms with Crippen LogP contribution in [-0.4, -0.2) is 45.5 Å². The maximum Gasteiger partial charge on any atom is 0.247 e. The van der Waals surface area contributed by atoms with Crippen molar-refractivity contribution in [1.29, 1.82) is 0 Å². The van der Waals surface area contributed by atoms with E-state index in [0.29, 0.717) is 23.1 Å². The van der Waals surface area contributed by atoms with E-state index in [1.807, 2.05) is 19.9 Å². The number of ether oxygens (including phenoxy) is 1. The molecule has 2 heterocycles. The third-order valence-corrected chi connectivity index (χ3v) is 6.73. The van der Waals surface area contributed by atoms with E-state index in [1.54, 1.807) is 10.4 Å². The molecule has 122 valence electrons. The SMILES string of the molecule is COc1c(C)cc(C)cc1S(=O)(=O)N1CCC[C@H]2CNC[C@H]21. The summed E-state index contributed by atoms with van der Waals surface area (Å²) < 4.78 is 33.6. The molecule has 2 saturated heterocycles. The monoisotopic (exact) mass is 324 g/mol. The van der Waals surface area contributed by atoms with Gasteiger partial charge in [-0.1, -0.05) is 6.07 Å². The smallest absolute Gasteiger partial charge is 0.247 e. The van der Waals surface area contributed by atoms with Crippen LogP contribution in [0, 0.1) is 19.8 Å². The second kappa shape index (κ2) is 5.83. The van der Waals surface area contributed by atoms with Crippen LogP contribution in [0.15, 0.2) is 17.0 Å². The molecule has 2 atom stereocenters. The van der Waals surface area contributed by atoms with E-state index in [1.165, 1.54) is 7.11 Å². The number of aryl methyl sites for hydroxylation is 2. The Bertz CT molecular complexity index is 672. The van der Waals surface area contributed by atoms with E-state index in [-0.39, 0.29) is 6.04 Å². The summed E-state index contributed by atoms with van der Waals surface area (Å²) in [5, 5.41) is 3.33. The van der Waals surface area contributed by atoms with Gasteiger partial charge in [0.2, 0.25) is 10.0 Å². The molecule has 1 aromatic carbocycles. The van der Waals surface area contributed by atoms with Gasteiger partial charge < -0.3 is 10.1 Å². The molecule has 0 saturated carbocycles. The summed E-state index contributed by atoms with van der Waals surface area (Å²) in [4.78, 5) is 0.306. The van der Waals surface area contributed by atoms with Crippen molar-refractivity contribution in [1.82, 2.24) is 9.62 Å². The summed E-state index contributed by atoms with van der Waals surface area (Å²) in [7, 11) is -2.00. The van der Waals surface area contributed by atoms with E-state index < -0.39 is 10.0 Å². The van der Waals surface area contributed by atoms with Crippen LogP contribution < -0.4 is 10.1 Å². The molecule has 5 nitrogen and oxygen atoms in total. The Kier molecular flexibility index (Phi) is 4.18. The molecule has 0 aromatic heterocycles. The molecule has 3 rings (SSSR count). The number of hydrogen-bond acceptors (Lipinski definition) is 4. The second-order valence-electron chi connectivity index (χ2n) is 6.36. The van der Waals surface area contributed by atoms with Crippen molar-refractivity contribution >= 4 is 10.0 Å². The Morgan fingerprint density at radius 1 is 1.27 bits per heavy atom. The highest BCUT2D eigenvalue weighted by atomic mass is 32.2.